The van der Waals surface area contributed by atoms with Crippen molar-refractivity contribution in [1.29, 1.82) is 0 Å². The van der Waals surface area contributed by atoms with Crippen LogP contribution in [0.4, 0.5) is 0 Å². The van der Waals surface area contributed by atoms with Crippen molar-refractivity contribution in [3.05, 3.63) is 24.3 Å². The molecule has 12 nitrogen and oxygen atoms in total. The highest BCUT2D eigenvalue weighted by molar-refractivity contribution is 5.83. The molecule has 0 N–H and O–H groups in total. The van der Waals surface area contributed by atoms with Gasteiger partial charge in [0.25, 0.3) is 0 Å². The molecule has 2 aliphatic carbocycles. The molecule has 1 fully saturated rings. The van der Waals surface area contributed by atoms with Crippen molar-refractivity contribution in [1.82, 2.24) is 0 Å². The van der Waals surface area contributed by atoms with Crippen molar-refractivity contribution in [2.75, 3.05) is 79.3 Å². The molecular weight excluding hydrogens is 528 g/mol. The van der Waals surface area contributed by atoms with E-state index < -0.39 is 47.5 Å². The third-order valence-corrected chi connectivity index (χ3v) is 6.71. The number of carbonyl (C=O) groups excluding carboxylic acids is 4. The highest BCUT2D eigenvalue weighted by atomic mass is 16.6. The molecule has 0 aromatic heterocycles. The van der Waals surface area contributed by atoms with Gasteiger partial charge in [0.05, 0.1) is 76.5 Å². The Morgan fingerprint density at radius 2 is 0.550 bits per heavy atom. The Bertz CT molecular complexity index is 731. The molecular formula is C28H40O12. The van der Waals surface area contributed by atoms with Gasteiger partial charge in [0, 0.05) is 0 Å². The van der Waals surface area contributed by atoms with Gasteiger partial charge in [-0.05, 0) is 25.7 Å². The number of ether oxygens (including phenoxy) is 8. The Hall–Kier alpha value is -2.80. The first kappa shape index (κ1) is 31.7. The van der Waals surface area contributed by atoms with Crippen molar-refractivity contribution < 1.29 is 57.1 Å². The topological polar surface area (TPSA) is 142 Å². The van der Waals surface area contributed by atoms with Crippen molar-refractivity contribution >= 4 is 23.9 Å². The molecule has 0 aromatic rings. The number of esters is 4. The fourth-order valence-electron chi connectivity index (χ4n) is 4.55. The second-order valence-corrected chi connectivity index (χ2v) is 9.43. The molecule has 3 aliphatic rings. The molecule has 4 atom stereocenters. The molecule has 0 bridgehead atoms. The largest absolute Gasteiger partial charge is 0.463 e. The van der Waals surface area contributed by atoms with Crippen LogP contribution in [0.5, 0.6) is 0 Å². The molecule has 0 saturated carbocycles. The molecule has 0 radical (unpaired) electrons. The number of hydrogen-bond donors (Lipinski definition) is 0. The normalized spacial score (nSPS) is 29.8. The Morgan fingerprint density at radius 1 is 0.350 bits per heavy atom. The zero-order chi connectivity index (χ0) is 28.4. The van der Waals surface area contributed by atoms with E-state index in [1.807, 2.05) is 24.3 Å². The molecule has 12 heteroatoms. The summed E-state index contributed by atoms with van der Waals surface area (Å²) in [5.74, 6) is -4.30. The highest BCUT2D eigenvalue weighted by Crippen LogP contribution is 2.29. The summed E-state index contributed by atoms with van der Waals surface area (Å²) in [6.45, 7) is 1.96. The number of allylic oxidation sites excluding steroid dienone is 4. The van der Waals surface area contributed by atoms with Gasteiger partial charge in [0.2, 0.25) is 0 Å². The fraction of sp³-hybridized carbons (Fsp3) is 0.714. The lowest BCUT2D eigenvalue weighted by Crippen LogP contribution is -2.34. The smallest absolute Gasteiger partial charge is 0.310 e. The zero-order valence-electron chi connectivity index (χ0n) is 22.8. The number of cyclic esters (lactones) is 4. The molecule has 1 saturated heterocycles. The minimum atomic E-state index is -0.612. The molecule has 0 spiro atoms. The minimum absolute atomic E-state index is 0.0494. The molecule has 1 aliphatic heterocycles. The Kier molecular flexibility index (Phi) is 14.7. The van der Waals surface area contributed by atoms with E-state index in [0.29, 0.717) is 25.7 Å². The van der Waals surface area contributed by atoms with Gasteiger partial charge in [-0.3, -0.25) is 19.2 Å². The monoisotopic (exact) mass is 568 g/mol. The van der Waals surface area contributed by atoms with E-state index in [2.05, 4.69) is 0 Å². The van der Waals surface area contributed by atoms with E-state index in [-0.39, 0.29) is 79.3 Å². The fourth-order valence-corrected chi connectivity index (χ4v) is 4.55. The first-order chi connectivity index (χ1) is 19.6. The summed E-state index contributed by atoms with van der Waals surface area (Å²) in [6, 6.07) is 0. The van der Waals surface area contributed by atoms with E-state index in [1.165, 1.54) is 0 Å². The van der Waals surface area contributed by atoms with E-state index >= 15 is 0 Å². The van der Waals surface area contributed by atoms with Gasteiger partial charge < -0.3 is 37.9 Å². The van der Waals surface area contributed by atoms with Crippen molar-refractivity contribution in [3.63, 3.8) is 0 Å². The summed E-state index contributed by atoms with van der Waals surface area (Å²) < 4.78 is 43.0. The van der Waals surface area contributed by atoms with Gasteiger partial charge in [-0.25, -0.2) is 0 Å². The van der Waals surface area contributed by atoms with Crippen LogP contribution < -0.4 is 0 Å². The van der Waals surface area contributed by atoms with Crippen LogP contribution in [0.15, 0.2) is 24.3 Å². The lowest BCUT2D eigenvalue weighted by Gasteiger charge is -2.25. The molecule has 0 aromatic carbocycles. The Labute approximate surface area is 234 Å². The Balaban J connectivity index is 1.46. The minimum Gasteiger partial charge on any atom is -0.463 e. The zero-order valence-corrected chi connectivity index (χ0v) is 22.8. The van der Waals surface area contributed by atoms with Crippen LogP contribution in [-0.4, -0.2) is 103 Å². The van der Waals surface area contributed by atoms with E-state index in [4.69, 9.17) is 37.9 Å². The van der Waals surface area contributed by atoms with Crippen LogP contribution in [0.25, 0.3) is 0 Å². The maximum absolute atomic E-state index is 12.6. The standard InChI is InChI=1S/C28H40O12/c29-25-21-5-1-2-6-22(21)26(30)38-18-14-34-11-12-36-16-20-40-28(32)24-8-4-3-7-23(24)27(31)39-19-15-35-10-9-33-13-17-37-25/h1-4,21-24H,5-20H2/t21-,22+,23+,24-. The third-order valence-electron chi connectivity index (χ3n) is 6.71. The summed E-state index contributed by atoms with van der Waals surface area (Å²) >= 11 is 0. The summed E-state index contributed by atoms with van der Waals surface area (Å²) in [6.07, 6.45) is 9.04. The number of carbonyl (C=O) groups is 4. The maximum Gasteiger partial charge on any atom is 0.310 e. The quantitative estimate of drug-likeness (QED) is 0.237. The number of rotatable bonds is 0. The van der Waals surface area contributed by atoms with Crippen molar-refractivity contribution in [3.8, 4) is 0 Å². The Morgan fingerprint density at radius 3 is 0.775 bits per heavy atom. The van der Waals surface area contributed by atoms with Gasteiger partial charge in [-0.2, -0.15) is 0 Å². The second kappa shape index (κ2) is 18.5. The first-order valence-electron chi connectivity index (χ1n) is 13.9. The van der Waals surface area contributed by atoms with Crippen molar-refractivity contribution in [2.24, 2.45) is 23.7 Å². The van der Waals surface area contributed by atoms with Crippen LogP contribution in [0, 0.1) is 23.7 Å². The summed E-state index contributed by atoms with van der Waals surface area (Å²) in [4.78, 5) is 50.3. The van der Waals surface area contributed by atoms with Gasteiger partial charge in [-0.15, -0.1) is 0 Å². The average molecular weight is 569 g/mol. The number of fused-ring (bicyclic) bond motifs is 2. The number of hydrogen-bond acceptors (Lipinski definition) is 12. The van der Waals surface area contributed by atoms with Crippen LogP contribution in [0.3, 0.4) is 0 Å². The van der Waals surface area contributed by atoms with E-state index in [1.54, 1.807) is 0 Å². The van der Waals surface area contributed by atoms with Gasteiger partial charge in [0.1, 0.15) is 26.4 Å². The maximum atomic E-state index is 12.6. The highest BCUT2D eigenvalue weighted by Gasteiger charge is 2.37. The van der Waals surface area contributed by atoms with Crippen LogP contribution in [0.2, 0.25) is 0 Å². The summed E-state index contributed by atoms with van der Waals surface area (Å²) in [5, 5.41) is 0. The SMILES string of the molecule is O=C1OCCOCCOCCOC(=O)[C@@H]2CC=CC[C@@H]2C(=O)OCCOCCOCCOC(=O)[C@@H]2CC=CC[C@H]12. The lowest BCUT2D eigenvalue weighted by atomic mass is 9.83. The van der Waals surface area contributed by atoms with E-state index in [0.717, 1.165) is 0 Å². The summed E-state index contributed by atoms with van der Waals surface area (Å²) in [7, 11) is 0. The second-order valence-electron chi connectivity index (χ2n) is 9.43. The molecule has 40 heavy (non-hydrogen) atoms. The van der Waals surface area contributed by atoms with Crippen LogP contribution in [0.1, 0.15) is 25.7 Å². The van der Waals surface area contributed by atoms with Crippen LogP contribution in [-0.2, 0) is 57.1 Å². The molecule has 0 amide bonds. The van der Waals surface area contributed by atoms with Crippen LogP contribution >= 0.6 is 0 Å². The van der Waals surface area contributed by atoms with E-state index in [9.17, 15) is 19.2 Å². The van der Waals surface area contributed by atoms with Gasteiger partial charge in [-0.1, -0.05) is 24.3 Å². The molecule has 1 heterocycles. The first-order valence-corrected chi connectivity index (χ1v) is 13.9. The predicted octanol–water partition coefficient (Wildman–Crippen LogP) is 1.40. The lowest BCUT2D eigenvalue weighted by molar-refractivity contribution is -0.163. The molecule has 0 unspecified atom stereocenters. The molecule has 3 rings (SSSR count). The van der Waals surface area contributed by atoms with Crippen molar-refractivity contribution in [2.45, 2.75) is 25.7 Å². The summed E-state index contributed by atoms with van der Waals surface area (Å²) in [5.41, 5.74) is 0. The average Bonchev–Trinajstić information content (AvgIpc) is 2.98. The van der Waals surface area contributed by atoms with Gasteiger partial charge >= 0.3 is 23.9 Å². The third kappa shape index (κ3) is 11.0. The van der Waals surface area contributed by atoms with Gasteiger partial charge in [0.15, 0.2) is 0 Å². The predicted molar refractivity (Wildman–Crippen MR) is 138 cm³/mol. The molecule has 224 valence electrons.